The van der Waals surface area contributed by atoms with E-state index in [9.17, 15) is 19.7 Å². The van der Waals surface area contributed by atoms with Crippen LogP contribution in [0.15, 0.2) is 65.4 Å². The number of benzene rings is 1. The molecule has 1 heterocycles. The highest BCUT2D eigenvalue weighted by Gasteiger charge is 2.16. The van der Waals surface area contributed by atoms with Crippen molar-refractivity contribution in [3.8, 4) is 0 Å². The van der Waals surface area contributed by atoms with Crippen LogP contribution >= 0.6 is 0 Å². The summed E-state index contributed by atoms with van der Waals surface area (Å²) < 4.78 is 4.99. The minimum absolute atomic E-state index is 0.0305. The van der Waals surface area contributed by atoms with E-state index in [4.69, 9.17) is 4.42 Å². The highest BCUT2D eigenvalue weighted by atomic mass is 16.6. The average molecular weight is 341 g/mol. The molecule has 0 unspecified atom stereocenters. The van der Waals surface area contributed by atoms with E-state index in [1.54, 1.807) is 6.07 Å². The van der Waals surface area contributed by atoms with Crippen LogP contribution < -0.4 is 10.6 Å². The largest absolute Gasteiger partial charge is 0.459 e. The third-order valence-electron chi connectivity index (χ3n) is 3.06. The molecule has 0 saturated carbocycles. The third-order valence-corrected chi connectivity index (χ3v) is 3.06. The predicted molar refractivity (Wildman–Crippen MR) is 90.5 cm³/mol. The van der Waals surface area contributed by atoms with Crippen LogP contribution in [-0.2, 0) is 4.79 Å². The van der Waals surface area contributed by atoms with Gasteiger partial charge in [0.2, 0.25) is 0 Å². The molecule has 0 aliphatic heterocycles. The van der Waals surface area contributed by atoms with Crippen molar-refractivity contribution in [1.82, 2.24) is 10.6 Å². The molecule has 0 bridgehead atoms. The van der Waals surface area contributed by atoms with E-state index in [1.165, 1.54) is 48.7 Å². The van der Waals surface area contributed by atoms with Crippen LogP contribution in [0.25, 0.3) is 6.08 Å². The topological polar surface area (TPSA) is 114 Å². The maximum Gasteiger partial charge on any atom is 0.291 e. The van der Waals surface area contributed by atoms with E-state index in [1.807, 2.05) is 0 Å². The Morgan fingerprint density at radius 3 is 2.52 bits per heavy atom. The molecule has 2 N–H and O–H groups in total. The first kappa shape index (κ1) is 17.7. The van der Waals surface area contributed by atoms with Crippen LogP contribution in [-0.4, -0.2) is 23.3 Å². The van der Waals surface area contributed by atoms with E-state index >= 15 is 0 Å². The summed E-state index contributed by atoms with van der Waals surface area (Å²) in [6.45, 7) is 3.72. The molecule has 8 nitrogen and oxygen atoms in total. The second kappa shape index (κ2) is 8.25. The smallest absolute Gasteiger partial charge is 0.291 e. The second-order valence-electron chi connectivity index (χ2n) is 4.84. The number of amides is 2. The number of nitro groups is 1. The number of hydrogen-bond acceptors (Lipinski definition) is 5. The Hall–Kier alpha value is -3.68. The maximum atomic E-state index is 12.2. The number of nitro benzene ring substituents is 1. The van der Waals surface area contributed by atoms with Crippen LogP contribution in [0.1, 0.15) is 16.1 Å². The molecule has 128 valence electrons. The van der Waals surface area contributed by atoms with Crippen molar-refractivity contribution in [3.63, 3.8) is 0 Å². The average Bonchev–Trinajstić information content (AvgIpc) is 3.14. The van der Waals surface area contributed by atoms with Crippen LogP contribution in [0.5, 0.6) is 0 Å². The van der Waals surface area contributed by atoms with Gasteiger partial charge < -0.3 is 15.1 Å². The van der Waals surface area contributed by atoms with Gasteiger partial charge >= 0.3 is 0 Å². The predicted octanol–water partition coefficient (Wildman–Crippen LogP) is 2.26. The van der Waals surface area contributed by atoms with Gasteiger partial charge in [0.1, 0.15) is 5.70 Å². The van der Waals surface area contributed by atoms with Crippen LogP contribution in [0.2, 0.25) is 0 Å². The molecule has 1 aromatic heterocycles. The van der Waals surface area contributed by atoms with Gasteiger partial charge in [-0.15, -0.1) is 6.58 Å². The number of non-ortho nitro benzene ring substituents is 1. The molecule has 0 saturated heterocycles. The molecule has 2 amide bonds. The van der Waals surface area contributed by atoms with E-state index in [-0.39, 0.29) is 23.7 Å². The summed E-state index contributed by atoms with van der Waals surface area (Å²) in [6.07, 6.45) is 4.24. The minimum Gasteiger partial charge on any atom is -0.459 e. The highest BCUT2D eigenvalue weighted by molar-refractivity contribution is 6.04. The molecule has 1 aromatic carbocycles. The van der Waals surface area contributed by atoms with Gasteiger partial charge in [-0.2, -0.15) is 0 Å². The molecular weight excluding hydrogens is 326 g/mol. The van der Waals surface area contributed by atoms with Gasteiger partial charge in [-0.25, -0.2) is 0 Å². The molecule has 0 radical (unpaired) electrons. The summed E-state index contributed by atoms with van der Waals surface area (Å²) in [5.41, 5.74) is 0.403. The number of nitrogens with one attached hydrogen (secondary N) is 2. The zero-order valence-electron chi connectivity index (χ0n) is 13.1. The van der Waals surface area contributed by atoms with E-state index < -0.39 is 16.7 Å². The first-order chi connectivity index (χ1) is 12.0. The zero-order valence-corrected chi connectivity index (χ0v) is 13.1. The Morgan fingerprint density at radius 2 is 1.96 bits per heavy atom. The third kappa shape index (κ3) is 4.90. The van der Waals surface area contributed by atoms with Crippen molar-refractivity contribution >= 4 is 23.6 Å². The summed E-state index contributed by atoms with van der Waals surface area (Å²) in [6, 6.07) is 8.56. The van der Waals surface area contributed by atoms with Crippen molar-refractivity contribution in [2.24, 2.45) is 0 Å². The number of furan rings is 1. The van der Waals surface area contributed by atoms with Crippen molar-refractivity contribution < 1.29 is 18.9 Å². The molecule has 2 aromatic rings. The fourth-order valence-corrected chi connectivity index (χ4v) is 1.87. The lowest BCUT2D eigenvalue weighted by atomic mass is 10.1. The lowest BCUT2D eigenvalue weighted by Crippen LogP contribution is -2.34. The molecule has 2 rings (SSSR count). The summed E-state index contributed by atoms with van der Waals surface area (Å²) in [7, 11) is 0. The molecule has 25 heavy (non-hydrogen) atoms. The number of carbonyl (C=O) groups excluding carboxylic acids is 2. The van der Waals surface area contributed by atoms with Gasteiger partial charge in [-0.3, -0.25) is 19.7 Å². The van der Waals surface area contributed by atoms with Crippen LogP contribution in [0.4, 0.5) is 5.69 Å². The van der Waals surface area contributed by atoms with Crippen molar-refractivity contribution in [1.29, 1.82) is 0 Å². The molecule has 0 aliphatic carbocycles. The van der Waals surface area contributed by atoms with E-state index in [2.05, 4.69) is 17.2 Å². The van der Waals surface area contributed by atoms with Crippen molar-refractivity contribution in [3.05, 3.63) is 82.5 Å². The summed E-state index contributed by atoms with van der Waals surface area (Å²) in [4.78, 5) is 34.5. The van der Waals surface area contributed by atoms with Crippen LogP contribution in [0, 0.1) is 10.1 Å². The molecular formula is C17H15N3O5. The SMILES string of the molecule is C=CCNC(=O)/C(=C/c1ccc([N+](=O)[O-])cc1)NC(=O)c1ccco1. The standard InChI is InChI=1S/C17H15N3O5/c1-2-9-18-16(21)14(19-17(22)15-4-3-10-25-15)11-12-5-7-13(8-6-12)20(23)24/h2-8,10-11H,1,9H2,(H,18,21)(H,19,22)/b14-11-. The molecule has 0 aliphatic rings. The van der Waals surface area contributed by atoms with E-state index in [0.717, 1.165) is 0 Å². The van der Waals surface area contributed by atoms with Gasteiger partial charge in [0.05, 0.1) is 11.2 Å². The molecule has 0 atom stereocenters. The minimum atomic E-state index is -0.591. The highest BCUT2D eigenvalue weighted by Crippen LogP contribution is 2.14. The van der Waals surface area contributed by atoms with Gasteiger partial charge in [-0.1, -0.05) is 6.08 Å². The second-order valence-corrected chi connectivity index (χ2v) is 4.84. The van der Waals surface area contributed by atoms with Crippen LogP contribution in [0.3, 0.4) is 0 Å². The first-order valence-electron chi connectivity index (χ1n) is 7.21. The molecule has 0 spiro atoms. The maximum absolute atomic E-state index is 12.2. The number of carbonyl (C=O) groups is 2. The number of rotatable bonds is 7. The fraction of sp³-hybridized carbons (Fsp3) is 0.0588. The van der Waals surface area contributed by atoms with E-state index in [0.29, 0.717) is 5.56 Å². The van der Waals surface area contributed by atoms with Gasteiger partial charge in [0.15, 0.2) is 5.76 Å². The Balaban J connectivity index is 2.26. The van der Waals surface area contributed by atoms with Gasteiger partial charge in [-0.05, 0) is 35.9 Å². The van der Waals surface area contributed by atoms with Crippen molar-refractivity contribution in [2.75, 3.05) is 6.54 Å². The quantitative estimate of drug-likeness (QED) is 0.347. The summed E-state index contributed by atoms with van der Waals surface area (Å²) in [5, 5.41) is 15.7. The van der Waals surface area contributed by atoms with Gasteiger partial charge in [0.25, 0.3) is 17.5 Å². The number of hydrogen-bond donors (Lipinski definition) is 2. The lowest BCUT2D eigenvalue weighted by molar-refractivity contribution is -0.384. The Morgan fingerprint density at radius 1 is 1.24 bits per heavy atom. The van der Waals surface area contributed by atoms with Gasteiger partial charge in [0, 0.05) is 18.7 Å². The Labute approximate surface area is 143 Å². The number of nitrogens with zero attached hydrogens (tertiary/aromatic N) is 1. The zero-order chi connectivity index (χ0) is 18.2. The monoisotopic (exact) mass is 341 g/mol. The molecule has 8 heteroatoms. The first-order valence-corrected chi connectivity index (χ1v) is 7.21. The summed E-state index contributed by atoms with van der Waals surface area (Å²) in [5.74, 6) is -1.07. The fourth-order valence-electron chi connectivity index (χ4n) is 1.87. The Bertz CT molecular complexity index is 807. The molecule has 0 fully saturated rings. The van der Waals surface area contributed by atoms with Crippen molar-refractivity contribution in [2.45, 2.75) is 0 Å². The summed E-state index contributed by atoms with van der Waals surface area (Å²) >= 11 is 0. The Kier molecular flexibility index (Phi) is 5.83. The normalized spacial score (nSPS) is 10.8. The lowest BCUT2D eigenvalue weighted by Gasteiger charge is -2.09.